The first kappa shape index (κ1) is 42.2. The summed E-state index contributed by atoms with van der Waals surface area (Å²) in [5.41, 5.74) is 1.91. The number of nitrogens with zero attached hydrogens (tertiary/aromatic N) is 6. The van der Waals surface area contributed by atoms with E-state index in [-0.39, 0.29) is 42.2 Å². The zero-order chi connectivity index (χ0) is 34.4. The molecule has 1 aromatic carbocycles. The van der Waals surface area contributed by atoms with Gasteiger partial charge in [0.25, 0.3) is 5.91 Å². The molecule has 4 aliphatic rings. The van der Waals surface area contributed by atoms with Crippen molar-refractivity contribution in [2.75, 3.05) is 62.0 Å². The van der Waals surface area contributed by atoms with Crippen molar-refractivity contribution in [1.82, 2.24) is 37.4 Å². The Hall–Kier alpha value is -2.25. The molecule has 2 aliphatic carbocycles. The number of methoxy groups -OCH3 is 1. The van der Waals surface area contributed by atoms with Crippen LogP contribution >= 0.6 is 18.8 Å². The number of aromatic nitrogens is 2. The number of nitrogens with one attached hydrogen (secondary N) is 2. The molecule has 0 bridgehead atoms. The van der Waals surface area contributed by atoms with E-state index < -0.39 is 16.5 Å². The number of likely N-dealkylation sites (N-methyl/N-ethyl adjacent to an activating group) is 1. The molecule has 0 radical (unpaired) electrons. The van der Waals surface area contributed by atoms with E-state index in [0.29, 0.717) is 41.1 Å². The van der Waals surface area contributed by atoms with Gasteiger partial charge in [0.05, 0.1) is 19.0 Å². The van der Waals surface area contributed by atoms with Gasteiger partial charge < -0.3 is 42.4 Å². The maximum absolute atomic E-state index is 13.3. The quantitative estimate of drug-likeness (QED) is 0.221. The third-order valence-electron chi connectivity index (χ3n) is 10.1. The molecule has 2 aliphatic heterocycles. The number of anilines is 4. The first-order chi connectivity index (χ1) is 23.2. The Bertz CT molecular complexity index is 1410. The first-order valence-corrected chi connectivity index (χ1v) is 22.8. The zero-order valence-corrected chi connectivity index (χ0v) is 33.9. The van der Waals surface area contributed by atoms with E-state index in [1.165, 1.54) is 45.6 Å². The van der Waals surface area contributed by atoms with Crippen LogP contribution in [0.3, 0.4) is 0 Å². The van der Waals surface area contributed by atoms with Gasteiger partial charge in [-0.1, -0.05) is 6.92 Å². The molecule has 50 heavy (non-hydrogen) atoms. The zero-order valence-electron chi connectivity index (χ0n) is 30.1. The van der Waals surface area contributed by atoms with Crippen LogP contribution in [0.4, 0.5) is 23.1 Å². The van der Waals surface area contributed by atoms with Crippen molar-refractivity contribution in [1.29, 1.82) is 0 Å². The van der Waals surface area contributed by atoms with Gasteiger partial charge in [-0.15, -0.1) is 0 Å². The predicted octanol–water partition coefficient (Wildman–Crippen LogP) is 5.97. The molecule has 2 aromatic rings. The molecule has 16 heteroatoms. The number of benzene rings is 1. The van der Waals surface area contributed by atoms with Crippen LogP contribution in [-0.2, 0) is 21.3 Å². The number of piperazine rings is 1. The van der Waals surface area contributed by atoms with Crippen molar-refractivity contribution in [3.8, 4) is 5.75 Å². The van der Waals surface area contributed by atoms with Gasteiger partial charge in [0.2, 0.25) is 11.9 Å². The fourth-order valence-corrected chi connectivity index (χ4v) is 7.32. The maximum atomic E-state index is 13.3. The summed E-state index contributed by atoms with van der Waals surface area (Å²) >= 11 is -0.472. The van der Waals surface area contributed by atoms with E-state index in [1.54, 1.807) is 31.3 Å². The number of halogens is 2. The minimum atomic E-state index is -0.472. The van der Waals surface area contributed by atoms with Gasteiger partial charge in [-0.2, -0.15) is 4.98 Å². The van der Waals surface area contributed by atoms with Crippen LogP contribution in [0, 0.1) is 5.92 Å². The second kappa shape index (κ2) is 19.5. The Morgan fingerprint density at radius 1 is 1.06 bits per heavy atom. The van der Waals surface area contributed by atoms with Gasteiger partial charge in [0, 0.05) is 63.5 Å². The number of fused-ring (bicyclic) bond motifs is 1. The fourth-order valence-electron chi connectivity index (χ4n) is 7.32. The van der Waals surface area contributed by atoms with Crippen molar-refractivity contribution in [3.63, 3.8) is 0 Å². The molecule has 0 unspecified atom stereocenters. The van der Waals surface area contributed by atoms with Gasteiger partial charge >= 0.3 is 35.3 Å². The molecular formula is C34H56Cl2N10O3Pt. The van der Waals surface area contributed by atoms with Gasteiger partial charge in [-0.3, -0.25) is 14.5 Å². The van der Waals surface area contributed by atoms with Gasteiger partial charge in [0.15, 0.2) is 5.82 Å². The van der Waals surface area contributed by atoms with Gasteiger partial charge in [0.1, 0.15) is 17.5 Å². The number of amides is 2. The molecule has 3 fully saturated rings. The summed E-state index contributed by atoms with van der Waals surface area (Å²) < 4.78 is 5.68. The van der Waals surface area contributed by atoms with Crippen LogP contribution in [0.25, 0.3) is 0 Å². The summed E-state index contributed by atoms with van der Waals surface area (Å²) in [5, 5.41) is 6.55. The number of carbonyl (C=O) groups excluding carboxylic acids is 2. The summed E-state index contributed by atoms with van der Waals surface area (Å²) in [6.07, 6.45) is 9.51. The van der Waals surface area contributed by atoms with Crippen LogP contribution in [0.2, 0.25) is 0 Å². The van der Waals surface area contributed by atoms with Crippen LogP contribution in [-0.4, -0.2) is 103 Å². The third-order valence-corrected chi connectivity index (χ3v) is 10.1. The second-order valence-electron chi connectivity index (χ2n) is 13.6. The summed E-state index contributed by atoms with van der Waals surface area (Å²) in [7, 11) is 13.1. The summed E-state index contributed by atoms with van der Waals surface area (Å²) in [6, 6.07) is 6.05. The number of rotatable bonds is 10. The van der Waals surface area contributed by atoms with Gasteiger partial charge in [-0.05, 0) is 82.9 Å². The summed E-state index contributed by atoms with van der Waals surface area (Å²) in [5.74, 6) is 2.59. The van der Waals surface area contributed by atoms with Crippen molar-refractivity contribution >= 4 is 53.8 Å². The average Bonchev–Trinajstić information content (AvgIpc) is 3.91. The molecule has 284 valence electrons. The minimum absolute atomic E-state index is 0. The van der Waals surface area contributed by atoms with Crippen LogP contribution in [0.15, 0.2) is 24.4 Å². The molecule has 1 atom stereocenters. The van der Waals surface area contributed by atoms with Gasteiger partial charge in [-0.25, -0.2) is 4.98 Å². The normalized spacial score (nSPS) is 22.5. The summed E-state index contributed by atoms with van der Waals surface area (Å²) in [4.78, 5) is 44.6. The Morgan fingerprint density at radius 2 is 1.72 bits per heavy atom. The van der Waals surface area contributed by atoms with Crippen molar-refractivity contribution in [2.45, 2.75) is 89.9 Å². The number of carbonyl (C=O) groups is 2. The number of hydrogen-bond acceptors (Lipinski definition) is 11. The molecule has 2 amide bonds. The third kappa shape index (κ3) is 10.2. The molecule has 3 heterocycles. The molecule has 0 spiro atoms. The predicted molar refractivity (Wildman–Crippen MR) is 199 cm³/mol. The van der Waals surface area contributed by atoms with E-state index >= 15 is 0 Å². The SMILES string of the molecule is CC[C@@H]1C(=O)N(C)c2cnc(Nc3ccc(C(=O)NC4CCC(N5CCN(CC6CC6)CC5)CC4)cc3OC)nc2N1C(C)C.N.N.[Cl][Pt][Cl]. The van der Waals surface area contributed by atoms with E-state index in [0.717, 1.165) is 37.4 Å². The molecule has 6 rings (SSSR count). The molecular weight excluding hydrogens is 862 g/mol. The number of ether oxygens (including phenoxy) is 1. The Labute approximate surface area is 314 Å². The molecule has 8 N–H and O–H groups in total. The van der Waals surface area contributed by atoms with E-state index in [2.05, 4.69) is 44.2 Å². The fraction of sp³-hybridized carbons (Fsp3) is 0.647. The van der Waals surface area contributed by atoms with Crippen molar-refractivity contribution < 1.29 is 30.8 Å². The molecule has 13 nitrogen and oxygen atoms in total. The Kier molecular flexibility index (Phi) is 16.5. The van der Waals surface area contributed by atoms with Crippen LogP contribution in [0.5, 0.6) is 5.75 Å². The summed E-state index contributed by atoms with van der Waals surface area (Å²) in [6.45, 7) is 12.2. The second-order valence-corrected chi connectivity index (χ2v) is 16.9. The van der Waals surface area contributed by atoms with Crippen LogP contribution in [0.1, 0.15) is 76.1 Å². The van der Waals surface area contributed by atoms with Crippen molar-refractivity contribution in [3.05, 3.63) is 30.0 Å². The van der Waals surface area contributed by atoms with E-state index in [9.17, 15) is 9.59 Å². The van der Waals surface area contributed by atoms with Crippen LogP contribution < -0.4 is 37.5 Å². The average molecular weight is 919 g/mol. The molecule has 2 saturated carbocycles. The first-order valence-electron chi connectivity index (χ1n) is 17.1. The van der Waals surface area contributed by atoms with E-state index in [4.69, 9.17) is 28.6 Å². The number of hydrogen-bond donors (Lipinski definition) is 4. The van der Waals surface area contributed by atoms with E-state index in [1.807, 2.05) is 19.1 Å². The monoisotopic (exact) mass is 917 g/mol. The standard InChI is InChI=1S/C34H50N8O3.2ClH.2H3N.Pt/c1-6-28-33(44)39(4)29-20-35-34(38-31(29)42(28)22(2)3)37-27-14-9-24(19-30(27)45-5)32(43)36-25-10-12-26(13-11-25)41-17-15-40(16-18-41)21-23-7-8-23;;;;;/h9,14,19-20,22-23,25-26,28H,6-8,10-13,15-18,21H2,1-5H3,(H,36,43)(H,35,37,38);2*1H;2*1H3;/q;;;;;+2/p-2/t25?,26?,28-;;;;;/m1...../s1. The topological polar surface area (TPSA) is 176 Å². The Morgan fingerprint density at radius 3 is 2.30 bits per heavy atom. The molecule has 1 aromatic heterocycles. The van der Waals surface area contributed by atoms with Crippen molar-refractivity contribution in [2.24, 2.45) is 5.92 Å². The molecule has 1 saturated heterocycles. The Balaban J connectivity index is 0.00000131.